The fourth-order valence-electron chi connectivity index (χ4n) is 2.88. The highest BCUT2D eigenvalue weighted by atomic mass is 16.6. The Morgan fingerprint density at radius 1 is 1.32 bits per heavy atom. The lowest BCUT2D eigenvalue weighted by Crippen LogP contribution is -2.39. The van der Waals surface area contributed by atoms with E-state index in [1.54, 1.807) is 12.1 Å². The minimum atomic E-state index is -0.316. The number of anilines is 1. The highest BCUT2D eigenvalue weighted by Crippen LogP contribution is 2.31. The minimum Gasteiger partial charge on any atom is -0.371 e. The van der Waals surface area contributed by atoms with Crippen LogP contribution in [0.4, 0.5) is 11.4 Å². The fourth-order valence-corrected chi connectivity index (χ4v) is 2.88. The van der Waals surface area contributed by atoms with E-state index in [1.807, 2.05) is 20.0 Å². The number of nitro groups is 1. The lowest BCUT2D eigenvalue weighted by molar-refractivity contribution is -0.385. The number of hydrogen-bond donors (Lipinski definition) is 1. The number of nitrogens with two attached hydrogens (primary N) is 1. The zero-order chi connectivity index (χ0) is 14.0. The summed E-state index contributed by atoms with van der Waals surface area (Å²) in [6, 6.07) is 6.02. The lowest BCUT2D eigenvalue weighted by Gasteiger charge is -2.35. The maximum Gasteiger partial charge on any atom is 0.274 e. The lowest BCUT2D eigenvalue weighted by atomic mass is 9.90. The van der Waals surface area contributed by atoms with Crippen molar-refractivity contribution in [2.75, 3.05) is 11.9 Å². The van der Waals surface area contributed by atoms with Crippen molar-refractivity contribution in [1.29, 1.82) is 0 Å². The van der Waals surface area contributed by atoms with Crippen molar-refractivity contribution in [3.63, 3.8) is 0 Å². The maximum atomic E-state index is 11.0. The average molecular weight is 263 g/mol. The molecule has 0 heterocycles. The summed E-state index contributed by atoms with van der Waals surface area (Å²) in [6.07, 6.45) is 4.17. The summed E-state index contributed by atoms with van der Waals surface area (Å²) in [6.45, 7) is 1.82. The molecule has 104 valence electrons. The predicted octanol–water partition coefficient (Wildman–Crippen LogP) is 2.61. The second-order valence-corrected chi connectivity index (χ2v) is 5.36. The molecule has 0 aromatic heterocycles. The number of nitrogens with zero attached hydrogens (tertiary/aromatic N) is 2. The van der Waals surface area contributed by atoms with Crippen molar-refractivity contribution in [2.45, 2.75) is 44.7 Å². The molecule has 19 heavy (non-hydrogen) atoms. The molecule has 0 amide bonds. The van der Waals surface area contributed by atoms with E-state index in [1.165, 1.54) is 0 Å². The van der Waals surface area contributed by atoms with E-state index < -0.39 is 0 Å². The first-order valence-electron chi connectivity index (χ1n) is 6.73. The predicted molar refractivity (Wildman–Crippen MR) is 76.5 cm³/mol. The second-order valence-electron chi connectivity index (χ2n) is 5.36. The molecule has 5 nitrogen and oxygen atoms in total. The van der Waals surface area contributed by atoms with E-state index in [2.05, 4.69) is 4.90 Å². The van der Waals surface area contributed by atoms with Crippen molar-refractivity contribution in [1.82, 2.24) is 0 Å². The molecular weight excluding hydrogens is 242 g/mol. The molecular formula is C14H21N3O2. The van der Waals surface area contributed by atoms with Crippen LogP contribution in [-0.4, -0.2) is 24.1 Å². The van der Waals surface area contributed by atoms with E-state index in [4.69, 9.17) is 5.73 Å². The molecule has 1 fully saturated rings. The van der Waals surface area contributed by atoms with Gasteiger partial charge >= 0.3 is 0 Å². The van der Waals surface area contributed by atoms with Gasteiger partial charge in [0.25, 0.3) is 5.69 Å². The SMILES string of the molecule is Cc1c(N(C)C2CCC(N)CC2)cccc1[N+](=O)[O-]. The zero-order valence-corrected chi connectivity index (χ0v) is 11.5. The monoisotopic (exact) mass is 263 g/mol. The first-order chi connectivity index (χ1) is 9.00. The summed E-state index contributed by atoms with van der Waals surface area (Å²) >= 11 is 0. The van der Waals surface area contributed by atoms with E-state index in [-0.39, 0.29) is 10.6 Å². The molecule has 1 aliphatic carbocycles. The molecule has 1 aromatic rings. The maximum absolute atomic E-state index is 11.0. The molecule has 0 radical (unpaired) electrons. The van der Waals surface area contributed by atoms with Crippen LogP contribution in [0.2, 0.25) is 0 Å². The Balaban J connectivity index is 2.21. The second kappa shape index (κ2) is 5.57. The van der Waals surface area contributed by atoms with Gasteiger partial charge in [0.05, 0.1) is 10.5 Å². The fraction of sp³-hybridized carbons (Fsp3) is 0.571. The van der Waals surface area contributed by atoms with Gasteiger partial charge in [-0.25, -0.2) is 0 Å². The van der Waals surface area contributed by atoms with Gasteiger partial charge in [-0.15, -0.1) is 0 Å². The summed E-state index contributed by atoms with van der Waals surface area (Å²) in [5.41, 5.74) is 7.81. The first-order valence-corrected chi connectivity index (χ1v) is 6.73. The largest absolute Gasteiger partial charge is 0.371 e. The van der Waals surface area contributed by atoms with E-state index in [9.17, 15) is 10.1 Å². The van der Waals surface area contributed by atoms with Crippen molar-refractivity contribution < 1.29 is 4.92 Å². The Hall–Kier alpha value is -1.62. The number of benzene rings is 1. The van der Waals surface area contributed by atoms with Crippen molar-refractivity contribution in [3.05, 3.63) is 33.9 Å². The van der Waals surface area contributed by atoms with Crippen molar-refractivity contribution in [3.8, 4) is 0 Å². The molecule has 1 aliphatic rings. The molecule has 0 atom stereocenters. The molecule has 0 aliphatic heterocycles. The molecule has 0 spiro atoms. The Bertz CT molecular complexity index is 468. The van der Waals surface area contributed by atoms with Crippen LogP contribution in [0.25, 0.3) is 0 Å². The van der Waals surface area contributed by atoms with E-state index in [0.29, 0.717) is 12.1 Å². The van der Waals surface area contributed by atoms with Gasteiger partial charge in [-0.3, -0.25) is 10.1 Å². The summed E-state index contributed by atoms with van der Waals surface area (Å²) in [7, 11) is 2.02. The Morgan fingerprint density at radius 3 is 2.53 bits per heavy atom. The zero-order valence-electron chi connectivity index (χ0n) is 11.5. The molecule has 0 saturated heterocycles. The average Bonchev–Trinajstić information content (AvgIpc) is 2.38. The smallest absolute Gasteiger partial charge is 0.274 e. The number of rotatable bonds is 3. The van der Waals surface area contributed by atoms with Crippen LogP contribution >= 0.6 is 0 Å². The standard InChI is InChI=1S/C14H21N3O2/c1-10-13(4-3-5-14(10)17(18)19)16(2)12-8-6-11(15)7-9-12/h3-5,11-12H,6-9,15H2,1-2H3. The van der Waals surface area contributed by atoms with E-state index in [0.717, 1.165) is 36.9 Å². The molecule has 1 aromatic carbocycles. The third-order valence-corrected chi connectivity index (χ3v) is 4.14. The summed E-state index contributed by atoms with van der Waals surface area (Å²) in [4.78, 5) is 12.8. The summed E-state index contributed by atoms with van der Waals surface area (Å²) in [5.74, 6) is 0. The van der Waals surface area contributed by atoms with Gasteiger partial charge in [-0.1, -0.05) is 6.07 Å². The van der Waals surface area contributed by atoms with Gasteiger partial charge < -0.3 is 10.6 Å². The topological polar surface area (TPSA) is 72.4 Å². The van der Waals surface area contributed by atoms with Crippen LogP contribution in [0.3, 0.4) is 0 Å². The summed E-state index contributed by atoms with van der Waals surface area (Å²) < 4.78 is 0. The third-order valence-electron chi connectivity index (χ3n) is 4.14. The third kappa shape index (κ3) is 2.87. The minimum absolute atomic E-state index is 0.192. The van der Waals surface area contributed by atoms with Gasteiger partial charge in [-0.05, 0) is 38.7 Å². The summed E-state index contributed by atoms with van der Waals surface area (Å²) in [5, 5.41) is 11.0. The molecule has 0 bridgehead atoms. The Morgan fingerprint density at radius 2 is 1.95 bits per heavy atom. The van der Waals surface area contributed by atoms with Gasteiger partial charge in [-0.2, -0.15) is 0 Å². The molecule has 0 unspecified atom stereocenters. The highest BCUT2D eigenvalue weighted by molar-refractivity contribution is 5.61. The molecule has 2 N–H and O–H groups in total. The van der Waals surface area contributed by atoms with Gasteiger partial charge in [0, 0.05) is 30.9 Å². The first kappa shape index (κ1) is 13.8. The quantitative estimate of drug-likeness (QED) is 0.672. The number of nitro benzene ring substituents is 1. The molecule has 1 saturated carbocycles. The van der Waals surface area contributed by atoms with E-state index >= 15 is 0 Å². The van der Waals surface area contributed by atoms with Crippen LogP contribution in [0.5, 0.6) is 0 Å². The van der Waals surface area contributed by atoms with Crippen molar-refractivity contribution in [2.24, 2.45) is 5.73 Å². The van der Waals surface area contributed by atoms with Gasteiger partial charge in [0.15, 0.2) is 0 Å². The van der Waals surface area contributed by atoms with Crippen LogP contribution < -0.4 is 10.6 Å². The van der Waals surface area contributed by atoms with Gasteiger partial charge in [0.1, 0.15) is 0 Å². The normalized spacial score (nSPS) is 23.1. The highest BCUT2D eigenvalue weighted by Gasteiger charge is 2.24. The Labute approximate surface area is 113 Å². The van der Waals surface area contributed by atoms with Crippen LogP contribution in [-0.2, 0) is 0 Å². The van der Waals surface area contributed by atoms with Crippen LogP contribution in [0, 0.1) is 17.0 Å². The van der Waals surface area contributed by atoms with Gasteiger partial charge in [0.2, 0.25) is 0 Å². The molecule has 5 heteroatoms. The number of hydrogen-bond acceptors (Lipinski definition) is 4. The van der Waals surface area contributed by atoms with Crippen molar-refractivity contribution >= 4 is 11.4 Å². The van der Waals surface area contributed by atoms with Crippen LogP contribution in [0.15, 0.2) is 18.2 Å². The van der Waals surface area contributed by atoms with Crippen LogP contribution in [0.1, 0.15) is 31.2 Å². The Kier molecular flexibility index (Phi) is 4.04. The molecule has 2 rings (SSSR count).